The maximum absolute atomic E-state index is 10.5. The minimum absolute atomic E-state index is 0.0337. The number of carbonyl (C=O) groups is 1. The molecule has 4 unspecified atom stereocenters. The number of rotatable bonds is 5. The smallest absolute Gasteiger partial charge is 0.302 e. The van der Waals surface area contributed by atoms with Crippen molar-refractivity contribution in [1.29, 1.82) is 0 Å². The van der Waals surface area contributed by atoms with Crippen molar-refractivity contribution in [3.05, 3.63) is 0 Å². The van der Waals surface area contributed by atoms with Crippen molar-refractivity contribution in [2.75, 3.05) is 13.2 Å². The summed E-state index contributed by atoms with van der Waals surface area (Å²) in [6.07, 6.45) is 1.03. The first kappa shape index (κ1) is 14.4. The van der Waals surface area contributed by atoms with Crippen molar-refractivity contribution in [3.63, 3.8) is 0 Å². The highest BCUT2D eigenvalue weighted by Crippen LogP contribution is 2.24. The molecule has 0 bridgehead atoms. The fourth-order valence-electron chi connectivity index (χ4n) is 1.68. The lowest BCUT2D eigenvalue weighted by Crippen LogP contribution is -2.35. The molecular weight excluding hydrogens is 224 g/mol. The van der Waals surface area contributed by atoms with E-state index in [1.54, 1.807) is 0 Å². The number of aliphatic hydroxyl groups excluding tert-OH is 1. The number of carbonyl (C=O) groups excluding carboxylic acids is 1. The van der Waals surface area contributed by atoms with E-state index in [1.807, 2.05) is 6.92 Å². The Morgan fingerprint density at radius 1 is 1.41 bits per heavy atom. The SMILES string of the molecule is CC(=O)OCC(O)COC1CCC(C)C(C)O1. The van der Waals surface area contributed by atoms with Crippen molar-refractivity contribution in [2.45, 2.75) is 52.1 Å². The van der Waals surface area contributed by atoms with Crippen LogP contribution in [0.3, 0.4) is 0 Å². The van der Waals surface area contributed by atoms with Gasteiger partial charge in [-0.15, -0.1) is 0 Å². The Morgan fingerprint density at radius 2 is 2.12 bits per heavy atom. The van der Waals surface area contributed by atoms with Crippen molar-refractivity contribution < 1.29 is 24.1 Å². The summed E-state index contributed by atoms with van der Waals surface area (Å²) in [5.74, 6) is 0.140. The molecule has 0 spiro atoms. The molecule has 4 atom stereocenters. The van der Waals surface area contributed by atoms with Crippen LogP contribution in [0, 0.1) is 5.92 Å². The maximum Gasteiger partial charge on any atom is 0.302 e. The van der Waals surface area contributed by atoms with Crippen molar-refractivity contribution >= 4 is 5.97 Å². The molecule has 1 heterocycles. The Labute approximate surface area is 102 Å². The predicted octanol–water partition coefficient (Wildman–Crippen LogP) is 1.09. The fourth-order valence-corrected chi connectivity index (χ4v) is 1.68. The second-order valence-corrected chi connectivity index (χ2v) is 4.62. The molecule has 1 N–H and O–H groups in total. The molecule has 0 aromatic heterocycles. The van der Waals surface area contributed by atoms with Gasteiger partial charge in [0.25, 0.3) is 0 Å². The summed E-state index contributed by atoms with van der Waals surface area (Å²) in [5.41, 5.74) is 0. The van der Waals surface area contributed by atoms with Gasteiger partial charge in [-0.1, -0.05) is 6.92 Å². The summed E-state index contributed by atoms with van der Waals surface area (Å²) in [6, 6.07) is 0. The molecule has 1 aliphatic rings. The van der Waals surface area contributed by atoms with Gasteiger partial charge in [0, 0.05) is 6.92 Å². The highest BCUT2D eigenvalue weighted by atomic mass is 16.7. The van der Waals surface area contributed by atoms with Crippen LogP contribution in [0.2, 0.25) is 0 Å². The Bertz CT molecular complexity index is 243. The molecule has 1 aliphatic heterocycles. The van der Waals surface area contributed by atoms with E-state index in [-0.39, 0.29) is 25.6 Å². The van der Waals surface area contributed by atoms with E-state index in [0.717, 1.165) is 12.8 Å². The van der Waals surface area contributed by atoms with Gasteiger partial charge in [-0.05, 0) is 25.7 Å². The molecule has 1 fully saturated rings. The zero-order valence-corrected chi connectivity index (χ0v) is 10.7. The second kappa shape index (κ2) is 6.93. The van der Waals surface area contributed by atoms with E-state index < -0.39 is 12.1 Å². The van der Waals surface area contributed by atoms with Gasteiger partial charge in [0.2, 0.25) is 0 Å². The maximum atomic E-state index is 10.5. The largest absolute Gasteiger partial charge is 0.463 e. The Morgan fingerprint density at radius 3 is 2.71 bits per heavy atom. The van der Waals surface area contributed by atoms with E-state index in [2.05, 4.69) is 11.7 Å². The van der Waals surface area contributed by atoms with Crippen LogP contribution < -0.4 is 0 Å². The van der Waals surface area contributed by atoms with E-state index in [9.17, 15) is 9.90 Å². The molecule has 5 nitrogen and oxygen atoms in total. The van der Waals surface area contributed by atoms with Crippen molar-refractivity contribution in [3.8, 4) is 0 Å². The summed E-state index contributed by atoms with van der Waals surface area (Å²) in [7, 11) is 0. The van der Waals surface area contributed by atoms with Crippen LogP contribution in [0.25, 0.3) is 0 Å². The number of hydrogen-bond acceptors (Lipinski definition) is 5. The third-order valence-corrected chi connectivity index (χ3v) is 2.98. The van der Waals surface area contributed by atoms with Gasteiger partial charge in [-0.2, -0.15) is 0 Å². The molecule has 0 saturated carbocycles. The number of ether oxygens (including phenoxy) is 3. The molecule has 1 rings (SSSR count). The third-order valence-electron chi connectivity index (χ3n) is 2.98. The second-order valence-electron chi connectivity index (χ2n) is 4.62. The summed E-state index contributed by atoms with van der Waals surface area (Å²) < 4.78 is 15.7. The van der Waals surface area contributed by atoms with Gasteiger partial charge in [-0.25, -0.2) is 0 Å². The lowest BCUT2D eigenvalue weighted by atomic mass is 9.97. The van der Waals surface area contributed by atoms with Gasteiger partial charge in [-0.3, -0.25) is 4.79 Å². The van der Waals surface area contributed by atoms with Gasteiger partial charge in [0.1, 0.15) is 12.7 Å². The monoisotopic (exact) mass is 246 g/mol. The summed E-state index contributed by atoms with van der Waals surface area (Å²) in [6.45, 7) is 5.57. The average Bonchev–Trinajstić information content (AvgIpc) is 2.28. The average molecular weight is 246 g/mol. The van der Waals surface area contributed by atoms with Crippen LogP contribution in [-0.2, 0) is 19.0 Å². The third kappa shape index (κ3) is 5.48. The normalized spacial score (nSPS) is 30.9. The highest BCUT2D eigenvalue weighted by Gasteiger charge is 2.26. The zero-order chi connectivity index (χ0) is 12.8. The van der Waals surface area contributed by atoms with Gasteiger partial charge in [0.05, 0.1) is 12.7 Å². The quantitative estimate of drug-likeness (QED) is 0.736. The number of esters is 1. The Hall–Kier alpha value is -0.650. The topological polar surface area (TPSA) is 65.0 Å². The molecule has 17 heavy (non-hydrogen) atoms. The number of aliphatic hydroxyl groups is 1. The molecule has 0 amide bonds. The predicted molar refractivity (Wildman–Crippen MR) is 61.3 cm³/mol. The fraction of sp³-hybridized carbons (Fsp3) is 0.917. The van der Waals surface area contributed by atoms with Crippen LogP contribution in [0.4, 0.5) is 0 Å². The van der Waals surface area contributed by atoms with E-state index in [4.69, 9.17) is 9.47 Å². The zero-order valence-electron chi connectivity index (χ0n) is 10.7. The van der Waals surface area contributed by atoms with Crippen LogP contribution in [0.5, 0.6) is 0 Å². The van der Waals surface area contributed by atoms with Gasteiger partial charge < -0.3 is 19.3 Å². The molecule has 0 aliphatic carbocycles. The Balaban J connectivity index is 2.15. The van der Waals surface area contributed by atoms with E-state index in [1.165, 1.54) is 6.92 Å². The van der Waals surface area contributed by atoms with E-state index in [0.29, 0.717) is 5.92 Å². The van der Waals surface area contributed by atoms with E-state index >= 15 is 0 Å². The molecule has 1 saturated heterocycles. The van der Waals surface area contributed by atoms with Crippen molar-refractivity contribution in [1.82, 2.24) is 0 Å². The van der Waals surface area contributed by atoms with Crippen LogP contribution >= 0.6 is 0 Å². The first-order valence-electron chi connectivity index (χ1n) is 6.07. The summed E-state index contributed by atoms with van der Waals surface area (Å²) >= 11 is 0. The van der Waals surface area contributed by atoms with Crippen LogP contribution in [0.1, 0.15) is 33.6 Å². The first-order chi connectivity index (χ1) is 7.99. The van der Waals surface area contributed by atoms with Crippen LogP contribution in [0.15, 0.2) is 0 Å². The molecular formula is C12H22O5. The number of hydrogen-bond donors (Lipinski definition) is 1. The molecule has 0 radical (unpaired) electrons. The first-order valence-corrected chi connectivity index (χ1v) is 6.07. The minimum atomic E-state index is -0.794. The van der Waals surface area contributed by atoms with Crippen LogP contribution in [-0.4, -0.2) is 42.8 Å². The molecule has 5 heteroatoms. The lowest BCUT2D eigenvalue weighted by Gasteiger charge is -2.32. The molecule has 100 valence electrons. The highest BCUT2D eigenvalue weighted by molar-refractivity contribution is 5.65. The lowest BCUT2D eigenvalue weighted by molar-refractivity contribution is -0.213. The molecule has 0 aromatic rings. The summed E-state index contributed by atoms with van der Waals surface area (Å²) in [5, 5.41) is 9.49. The summed E-state index contributed by atoms with van der Waals surface area (Å²) in [4.78, 5) is 10.5. The van der Waals surface area contributed by atoms with Crippen molar-refractivity contribution in [2.24, 2.45) is 5.92 Å². The standard InChI is InChI=1S/C12H22O5/c1-8-4-5-12(17-9(8)2)16-7-11(14)6-15-10(3)13/h8-9,11-12,14H,4-7H2,1-3H3. The van der Waals surface area contributed by atoms with Gasteiger partial charge in [0.15, 0.2) is 6.29 Å². The Kier molecular flexibility index (Phi) is 5.88. The molecule has 0 aromatic carbocycles. The minimum Gasteiger partial charge on any atom is -0.463 e. The van der Waals surface area contributed by atoms with Gasteiger partial charge >= 0.3 is 5.97 Å².